The minimum Gasteiger partial charge on any atom is -0.300 e. The highest BCUT2D eigenvalue weighted by Gasteiger charge is 2.54. The lowest BCUT2D eigenvalue weighted by molar-refractivity contribution is -0.120. The quantitative estimate of drug-likeness (QED) is 0.465. The molecule has 0 radical (unpaired) electrons. The van der Waals surface area contributed by atoms with Gasteiger partial charge in [0, 0.05) is 12.8 Å². The van der Waals surface area contributed by atoms with Crippen LogP contribution >= 0.6 is 0 Å². The van der Waals surface area contributed by atoms with Gasteiger partial charge in [0.1, 0.15) is 5.78 Å². The first-order chi connectivity index (χ1) is 13.3. The van der Waals surface area contributed by atoms with E-state index in [9.17, 15) is 4.79 Å². The zero-order valence-corrected chi connectivity index (χ0v) is 19.6. The smallest absolute Gasteiger partial charge is 0.133 e. The van der Waals surface area contributed by atoms with E-state index < -0.39 is 0 Å². The van der Waals surface area contributed by atoms with Crippen molar-refractivity contribution in [3.05, 3.63) is 0 Å². The highest BCUT2D eigenvalue weighted by molar-refractivity contribution is 5.78. The van der Waals surface area contributed by atoms with Crippen LogP contribution < -0.4 is 0 Å². The lowest BCUT2D eigenvalue weighted by atomic mass is 9.54. The van der Waals surface area contributed by atoms with Crippen molar-refractivity contribution < 1.29 is 4.79 Å². The number of hydrogen-bond acceptors (Lipinski definition) is 1. The van der Waals surface area contributed by atoms with E-state index in [0.29, 0.717) is 17.1 Å². The van der Waals surface area contributed by atoms with Crippen molar-refractivity contribution in [2.24, 2.45) is 46.8 Å². The molecule has 0 saturated heterocycles. The molecular weight excluding hydrogens is 340 g/mol. The molecule has 7 unspecified atom stereocenters. The largest absolute Gasteiger partial charge is 0.300 e. The van der Waals surface area contributed by atoms with Crippen LogP contribution in [0.4, 0.5) is 0 Å². The molecule has 0 heterocycles. The van der Waals surface area contributed by atoms with Crippen LogP contribution in [0.5, 0.6) is 0 Å². The molecule has 0 aromatic carbocycles. The van der Waals surface area contributed by atoms with Crippen molar-refractivity contribution in [2.75, 3.05) is 0 Å². The van der Waals surface area contributed by atoms with Gasteiger partial charge in [0.15, 0.2) is 0 Å². The lowest BCUT2D eigenvalue weighted by Crippen LogP contribution is -2.43. The van der Waals surface area contributed by atoms with Crippen molar-refractivity contribution in [3.63, 3.8) is 0 Å². The zero-order chi connectivity index (χ0) is 20.3. The van der Waals surface area contributed by atoms with Crippen molar-refractivity contribution >= 4 is 5.78 Å². The Morgan fingerprint density at radius 2 is 1.79 bits per heavy atom. The second-order valence-electron chi connectivity index (χ2n) is 11.9. The molecule has 3 rings (SSSR count). The summed E-state index contributed by atoms with van der Waals surface area (Å²) in [5, 5.41) is 0. The fraction of sp³-hybridized carbons (Fsp3) is 0.963. The molecule has 3 aliphatic carbocycles. The first kappa shape index (κ1) is 22.4. The van der Waals surface area contributed by atoms with E-state index in [1.54, 1.807) is 0 Å². The van der Waals surface area contributed by atoms with Gasteiger partial charge < -0.3 is 0 Å². The third-order valence-corrected chi connectivity index (χ3v) is 9.39. The molecule has 0 aliphatic heterocycles. The third-order valence-electron chi connectivity index (χ3n) is 9.39. The number of Topliss-reactive ketones (excluding diaryl/α,β-unsaturated/α-hetero) is 1. The van der Waals surface area contributed by atoms with E-state index in [2.05, 4.69) is 34.6 Å². The van der Waals surface area contributed by atoms with Gasteiger partial charge >= 0.3 is 0 Å². The van der Waals surface area contributed by atoms with Gasteiger partial charge in [-0.05, 0) is 91.8 Å². The Bertz CT molecular complexity index is 508. The summed E-state index contributed by atoms with van der Waals surface area (Å²) >= 11 is 0. The minimum atomic E-state index is 0.530. The molecule has 0 bridgehead atoms. The maximum absolute atomic E-state index is 12.2. The highest BCUT2D eigenvalue weighted by Crippen LogP contribution is 2.62. The van der Waals surface area contributed by atoms with Crippen molar-refractivity contribution in [1.82, 2.24) is 0 Å². The van der Waals surface area contributed by atoms with Crippen LogP contribution in [0.1, 0.15) is 118 Å². The SMILES string of the molecule is CC(C)CCCC(C)C1CCC2C3CCC(C)CC(=O)CCCC3CCC12C. The second-order valence-corrected chi connectivity index (χ2v) is 11.9. The molecule has 0 amide bonds. The summed E-state index contributed by atoms with van der Waals surface area (Å²) in [6, 6.07) is 0. The normalized spacial score (nSPS) is 40.8. The fourth-order valence-electron chi connectivity index (χ4n) is 7.82. The van der Waals surface area contributed by atoms with Gasteiger partial charge in [0.05, 0.1) is 0 Å². The molecule has 162 valence electrons. The number of carbonyl (C=O) groups excluding carboxylic acids is 1. The average molecular weight is 389 g/mol. The fourth-order valence-corrected chi connectivity index (χ4v) is 7.82. The van der Waals surface area contributed by atoms with Gasteiger partial charge in [-0.1, -0.05) is 60.3 Å². The van der Waals surface area contributed by atoms with Gasteiger partial charge in [-0.15, -0.1) is 0 Å². The Balaban J connectivity index is 1.67. The highest BCUT2D eigenvalue weighted by atomic mass is 16.1. The summed E-state index contributed by atoms with van der Waals surface area (Å²) in [5.74, 6) is 6.67. The number of ketones is 1. The summed E-state index contributed by atoms with van der Waals surface area (Å²) in [4.78, 5) is 12.2. The molecule has 3 saturated carbocycles. The van der Waals surface area contributed by atoms with Crippen LogP contribution in [0.25, 0.3) is 0 Å². The summed E-state index contributed by atoms with van der Waals surface area (Å²) in [5.41, 5.74) is 0.599. The van der Waals surface area contributed by atoms with Gasteiger partial charge in [-0.25, -0.2) is 0 Å². The molecule has 7 atom stereocenters. The third kappa shape index (κ3) is 5.04. The Hall–Kier alpha value is -0.330. The molecule has 1 heteroatoms. The molecule has 1 nitrogen and oxygen atoms in total. The van der Waals surface area contributed by atoms with Crippen LogP contribution in [-0.2, 0) is 4.79 Å². The predicted molar refractivity (Wildman–Crippen MR) is 120 cm³/mol. The van der Waals surface area contributed by atoms with E-state index in [1.807, 2.05) is 0 Å². The number of fused-ring (bicyclic) bond motifs is 3. The molecule has 0 aromatic heterocycles. The van der Waals surface area contributed by atoms with E-state index in [0.717, 1.165) is 54.8 Å². The second kappa shape index (κ2) is 9.65. The Labute approximate surface area is 175 Å². The molecular formula is C27H48O. The molecule has 3 fully saturated rings. The van der Waals surface area contributed by atoms with E-state index >= 15 is 0 Å². The number of carbonyl (C=O) groups is 1. The lowest BCUT2D eigenvalue weighted by Gasteiger charge is -2.50. The predicted octanol–water partition coefficient (Wildman–Crippen LogP) is 8.07. The van der Waals surface area contributed by atoms with Crippen molar-refractivity contribution in [3.8, 4) is 0 Å². The first-order valence-corrected chi connectivity index (χ1v) is 12.8. The molecule has 3 aliphatic rings. The summed E-state index contributed by atoms with van der Waals surface area (Å²) in [7, 11) is 0. The number of rotatable bonds is 5. The van der Waals surface area contributed by atoms with E-state index in [4.69, 9.17) is 0 Å². The molecule has 28 heavy (non-hydrogen) atoms. The Kier molecular flexibility index (Phi) is 7.71. The van der Waals surface area contributed by atoms with Gasteiger partial charge in [-0.3, -0.25) is 4.79 Å². The molecule has 0 aromatic rings. The monoisotopic (exact) mass is 388 g/mol. The standard InChI is InChI=1S/C27H48O/c1-19(2)8-6-9-21(4)25-14-15-26-24-13-12-20(3)18-23(28)11-7-10-22(24)16-17-27(25,26)5/h19-22,24-26H,6-18H2,1-5H3. The van der Waals surface area contributed by atoms with Gasteiger partial charge in [0.25, 0.3) is 0 Å². The average Bonchev–Trinajstić information content (AvgIpc) is 2.97. The first-order valence-electron chi connectivity index (χ1n) is 12.8. The van der Waals surface area contributed by atoms with Gasteiger partial charge in [-0.2, -0.15) is 0 Å². The number of hydrogen-bond donors (Lipinski definition) is 0. The van der Waals surface area contributed by atoms with Crippen LogP contribution in [0.3, 0.4) is 0 Å². The molecule has 0 spiro atoms. The van der Waals surface area contributed by atoms with Crippen LogP contribution in [0.2, 0.25) is 0 Å². The van der Waals surface area contributed by atoms with E-state index in [1.165, 1.54) is 64.2 Å². The van der Waals surface area contributed by atoms with Crippen LogP contribution in [0, 0.1) is 46.8 Å². The zero-order valence-electron chi connectivity index (χ0n) is 19.6. The Morgan fingerprint density at radius 3 is 2.54 bits per heavy atom. The maximum Gasteiger partial charge on any atom is 0.133 e. The molecule has 0 N–H and O–H groups in total. The van der Waals surface area contributed by atoms with E-state index in [-0.39, 0.29) is 0 Å². The van der Waals surface area contributed by atoms with Crippen molar-refractivity contribution in [2.45, 2.75) is 118 Å². The summed E-state index contributed by atoms with van der Waals surface area (Å²) < 4.78 is 0. The van der Waals surface area contributed by atoms with Gasteiger partial charge in [0.2, 0.25) is 0 Å². The topological polar surface area (TPSA) is 17.1 Å². The van der Waals surface area contributed by atoms with Crippen molar-refractivity contribution in [1.29, 1.82) is 0 Å². The van der Waals surface area contributed by atoms with Crippen LogP contribution in [0.15, 0.2) is 0 Å². The maximum atomic E-state index is 12.2. The summed E-state index contributed by atoms with van der Waals surface area (Å²) in [6.45, 7) is 12.3. The van der Waals surface area contributed by atoms with Crippen LogP contribution in [-0.4, -0.2) is 5.78 Å². The Morgan fingerprint density at radius 1 is 1.00 bits per heavy atom. The minimum absolute atomic E-state index is 0.530. The summed E-state index contributed by atoms with van der Waals surface area (Å²) in [6.07, 6.45) is 17.0.